The fourth-order valence-corrected chi connectivity index (χ4v) is 6.00. The molecule has 7 atom stereocenters. The van der Waals surface area contributed by atoms with Crippen molar-refractivity contribution < 1.29 is 44.1 Å². The molecule has 0 spiro atoms. The van der Waals surface area contributed by atoms with Gasteiger partial charge in [0.25, 0.3) is 0 Å². The predicted octanol–water partition coefficient (Wildman–Crippen LogP) is 0.258. The number of aliphatic hydroxyl groups excluding tert-OH is 1. The second-order valence-corrected chi connectivity index (χ2v) is 13.9. The normalized spacial score (nSPS) is 33.2. The molecule has 7 unspecified atom stereocenters. The van der Waals surface area contributed by atoms with Crippen molar-refractivity contribution in [1.29, 1.82) is 0 Å². The molecule has 1 fully saturated rings. The number of nitrogens with one attached hydrogen (secondary N) is 3. The van der Waals surface area contributed by atoms with Crippen molar-refractivity contribution in [3.05, 3.63) is 0 Å². The summed E-state index contributed by atoms with van der Waals surface area (Å²) in [4.78, 5) is 0. The van der Waals surface area contributed by atoms with Crippen LogP contribution < -0.4 is 21.7 Å². The lowest BCUT2D eigenvalue weighted by atomic mass is 9.58. The van der Waals surface area contributed by atoms with E-state index in [4.69, 9.17) is 29.4 Å². The molecule has 270 valence electrons. The van der Waals surface area contributed by atoms with Gasteiger partial charge in [-0.3, -0.25) is 0 Å². The maximum atomic E-state index is 11.7. The number of methoxy groups -OCH3 is 1. The van der Waals surface area contributed by atoms with Crippen molar-refractivity contribution >= 4 is 0 Å². The first-order valence-electron chi connectivity index (χ1n) is 16.6. The smallest absolute Gasteiger partial charge is 0.189 e. The van der Waals surface area contributed by atoms with E-state index in [1.54, 1.807) is 20.8 Å². The highest BCUT2D eigenvalue weighted by atomic mass is 16.7. The number of ether oxygens (including phenoxy) is 5. The summed E-state index contributed by atoms with van der Waals surface area (Å²) in [7, 11) is 1.48. The van der Waals surface area contributed by atoms with E-state index in [0.717, 1.165) is 65.0 Å². The van der Waals surface area contributed by atoms with Crippen LogP contribution in [0.15, 0.2) is 0 Å². The molecule has 1 aliphatic rings. The Kier molecular flexibility index (Phi) is 17.3. The molecule has 1 aliphatic heterocycles. The Labute approximate surface area is 272 Å². The summed E-state index contributed by atoms with van der Waals surface area (Å²) in [5.74, 6) is -1.26. The molecule has 1 heterocycles. The van der Waals surface area contributed by atoms with Gasteiger partial charge in [-0.1, -0.05) is 0 Å². The minimum Gasteiger partial charge on any atom is -0.391 e. The molecule has 9 N–H and O–H groups in total. The fraction of sp³-hybridized carbons (Fsp3) is 1.00. The van der Waals surface area contributed by atoms with Crippen LogP contribution in [0, 0.1) is 0 Å². The largest absolute Gasteiger partial charge is 0.391 e. The molecule has 0 aromatic rings. The molecule has 0 amide bonds. The minimum atomic E-state index is -2.00. The Morgan fingerprint density at radius 2 is 1.27 bits per heavy atom. The Morgan fingerprint density at radius 1 is 0.756 bits per heavy atom. The molecule has 0 aliphatic carbocycles. The summed E-state index contributed by atoms with van der Waals surface area (Å²) < 4.78 is 30.0. The quantitative estimate of drug-likeness (QED) is 0.0496. The van der Waals surface area contributed by atoms with E-state index in [0.29, 0.717) is 13.2 Å². The third-order valence-electron chi connectivity index (χ3n) is 9.53. The highest BCUT2D eigenvalue weighted by Crippen LogP contribution is 2.53. The molecule has 1 saturated heterocycles. The first-order valence-corrected chi connectivity index (χ1v) is 16.6. The van der Waals surface area contributed by atoms with E-state index in [2.05, 4.69) is 16.0 Å². The number of hydrogen-bond acceptors (Lipinski definition) is 13. The van der Waals surface area contributed by atoms with E-state index in [9.17, 15) is 20.4 Å². The summed E-state index contributed by atoms with van der Waals surface area (Å²) in [6, 6.07) is 0. The highest BCUT2D eigenvalue weighted by Gasteiger charge is 2.73. The van der Waals surface area contributed by atoms with Gasteiger partial charge < -0.3 is 65.8 Å². The van der Waals surface area contributed by atoms with Crippen molar-refractivity contribution in [1.82, 2.24) is 16.0 Å². The molecule has 0 radical (unpaired) electrons. The zero-order chi connectivity index (χ0) is 34.5. The topological polar surface area (TPSA) is 189 Å². The van der Waals surface area contributed by atoms with E-state index >= 15 is 0 Å². The molecule has 0 saturated carbocycles. The molecule has 45 heavy (non-hydrogen) atoms. The van der Waals surface area contributed by atoms with Crippen LogP contribution in [-0.4, -0.2) is 146 Å². The minimum absolute atomic E-state index is 0.0307. The molecule has 0 aromatic heterocycles. The Hall–Kier alpha value is -0.520. The molecule has 13 heteroatoms. The lowest BCUT2D eigenvalue weighted by Gasteiger charge is -2.65. The van der Waals surface area contributed by atoms with Crippen molar-refractivity contribution in [2.75, 3.05) is 86.0 Å². The summed E-state index contributed by atoms with van der Waals surface area (Å²) in [5.41, 5.74) is -4.04. The zero-order valence-electron chi connectivity index (χ0n) is 29.7. The monoisotopic (exact) mass is 652 g/mol. The van der Waals surface area contributed by atoms with Crippen LogP contribution in [0.5, 0.6) is 0 Å². The van der Waals surface area contributed by atoms with E-state index in [1.807, 2.05) is 13.8 Å². The van der Waals surface area contributed by atoms with E-state index < -0.39 is 39.4 Å². The van der Waals surface area contributed by atoms with Crippen LogP contribution in [0.4, 0.5) is 0 Å². The van der Waals surface area contributed by atoms with Gasteiger partial charge in [0.2, 0.25) is 0 Å². The fourth-order valence-electron chi connectivity index (χ4n) is 6.00. The highest BCUT2D eigenvalue weighted by molar-refractivity contribution is 5.23. The number of hydrogen-bond donors (Lipinski definition) is 8. The van der Waals surface area contributed by atoms with Gasteiger partial charge in [-0.05, 0) is 120 Å². The van der Waals surface area contributed by atoms with E-state index in [-0.39, 0.29) is 26.4 Å². The second kappa shape index (κ2) is 18.3. The maximum absolute atomic E-state index is 11.7. The maximum Gasteiger partial charge on any atom is 0.189 e. The van der Waals surface area contributed by atoms with Gasteiger partial charge in [-0.2, -0.15) is 0 Å². The van der Waals surface area contributed by atoms with Crippen LogP contribution in [0.25, 0.3) is 0 Å². The van der Waals surface area contributed by atoms with Crippen LogP contribution in [0.1, 0.15) is 81.1 Å². The summed E-state index contributed by atoms with van der Waals surface area (Å²) in [6.45, 7) is 18.5. The first kappa shape index (κ1) is 42.5. The van der Waals surface area contributed by atoms with Crippen LogP contribution in [0.3, 0.4) is 0 Å². The van der Waals surface area contributed by atoms with Gasteiger partial charge in [0.15, 0.2) is 5.79 Å². The van der Waals surface area contributed by atoms with Gasteiger partial charge in [0.1, 0.15) is 33.6 Å². The van der Waals surface area contributed by atoms with Gasteiger partial charge >= 0.3 is 0 Å². The summed E-state index contributed by atoms with van der Waals surface area (Å²) in [5, 5.41) is 55.0. The van der Waals surface area contributed by atoms with Crippen molar-refractivity contribution in [3.63, 3.8) is 0 Å². The van der Waals surface area contributed by atoms with Crippen LogP contribution >= 0.6 is 0 Å². The number of aliphatic hydroxyl groups is 4. The number of unbranched alkanes of at least 4 members (excludes halogenated alkanes) is 1. The van der Waals surface area contributed by atoms with Gasteiger partial charge in [0.05, 0.1) is 26.4 Å². The Balaban J connectivity index is 2.83. The first-order chi connectivity index (χ1) is 20.9. The SMILES string of the molecule is CCOC(C)(CO)OC(C)(CNCCCNCCCCNCCCN)COCC1(C)OC(C)(COC)C(C)(O)C(C)(O)C1(C)O. The molecule has 1 rings (SSSR count). The van der Waals surface area contributed by atoms with Crippen molar-refractivity contribution in [2.45, 2.75) is 120 Å². The molecule has 13 nitrogen and oxygen atoms in total. The second-order valence-electron chi connectivity index (χ2n) is 13.9. The average molecular weight is 653 g/mol. The van der Waals surface area contributed by atoms with E-state index in [1.165, 1.54) is 27.9 Å². The van der Waals surface area contributed by atoms with Crippen LogP contribution in [0.2, 0.25) is 0 Å². The summed E-state index contributed by atoms with van der Waals surface area (Å²) in [6.07, 6.45) is 4.15. The standard InChI is InChI=1S/C32H68N4O9/c1-10-43-29(5,22-37)44-26(2,21-36-20-14-19-35-17-12-11-16-34-18-13-15-33)23-42-25-28(4)31(7,39)32(8,40)30(6,38)27(3,45-28)24-41-9/h34-40H,10-25,33H2,1-9H3. The van der Waals surface area contributed by atoms with Gasteiger partial charge in [0, 0.05) is 20.3 Å². The van der Waals surface area contributed by atoms with Crippen molar-refractivity contribution in [3.8, 4) is 0 Å². The Bertz CT molecular complexity index is 836. The molecular weight excluding hydrogens is 584 g/mol. The predicted molar refractivity (Wildman–Crippen MR) is 175 cm³/mol. The summed E-state index contributed by atoms with van der Waals surface area (Å²) >= 11 is 0. The molecule has 0 aromatic carbocycles. The van der Waals surface area contributed by atoms with Gasteiger partial charge in [-0.15, -0.1) is 0 Å². The zero-order valence-corrected chi connectivity index (χ0v) is 29.7. The van der Waals surface area contributed by atoms with Gasteiger partial charge in [-0.25, -0.2) is 0 Å². The number of rotatable bonds is 25. The lowest BCUT2D eigenvalue weighted by molar-refractivity contribution is -0.409. The van der Waals surface area contributed by atoms with Crippen molar-refractivity contribution in [2.24, 2.45) is 5.73 Å². The molecule has 0 bridgehead atoms. The number of nitrogens with two attached hydrogens (primary N) is 1. The average Bonchev–Trinajstić information content (AvgIpc) is 2.94. The third kappa shape index (κ3) is 11.0. The lowest BCUT2D eigenvalue weighted by Crippen LogP contribution is -2.85. The molecular formula is C32H68N4O9. The van der Waals surface area contributed by atoms with Crippen LogP contribution in [-0.2, 0) is 23.7 Å². The Morgan fingerprint density at radius 3 is 1.78 bits per heavy atom. The third-order valence-corrected chi connectivity index (χ3v) is 9.53.